The van der Waals surface area contributed by atoms with Gasteiger partial charge in [-0.1, -0.05) is 6.07 Å². The van der Waals surface area contributed by atoms with Gasteiger partial charge in [0.15, 0.2) is 0 Å². The molecule has 21 heavy (non-hydrogen) atoms. The maximum atomic E-state index is 13.7. The number of nitriles is 1. The second kappa shape index (κ2) is 5.71. The number of hydrogen-bond acceptors (Lipinski definition) is 3. The molecule has 0 fully saturated rings. The Bertz CT molecular complexity index is 692. The molecule has 2 aromatic rings. The quantitative estimate of drug-likeness (QED) is 0.857. The molecule has 0 bridgehead atoms. The topological polar surface area (TPSA) is 45.0 Å². The number of halogens is 4. The summed E-state index contributed by atoms with van der Waals surface area (Å²) >= 11 is 0. The first-order valence-corrected chi connectivity index (χ1v) is 5.70. The fourth-order valence-corrected chi connectivity index (χ4v) is 1.61. The molecule has 0 spiro atoms. The summed E-state index contributed by atoms with van der Waals surface area (Å²) < 4.78 is 53.8. The lowest BCUT2D eigenvalue weighted by Crippen LogP contribution is -2.17. The minimum Gasteiger partial charge on any atom is -0.406 e. The van der Waals surface area contributed by atoms with Crippen molar-refractivity contribution in [1.82, 2.24) is 0 Å². The van der Waals surface area contributed by atoms with Crippen LogP contribution in [0.3, 0.4) is 0 Å². The van der Waals surface area contributed by atoms with E-state index in [1.807, 2.05) is 0 Å². The molecule has 0 atom stereocenters. The average Bonchev–Trinajstić information content (AvgIpc) is 2.39. The minimum absolute atomic E-state index is 0.0400. The van der Waals surface area contributed by atoms with Gasteiger partial charge in [-0.25, -0.2) is 4.39 Å². The molecule has 3 nitrogen and oxygen atoms in total. The van der Waals surface area contributed by atoms with Crippen LogP contribution in [0.2, 0.25) is 0 Å². The molecule has 0 aliphatic rings. The second-order valence-corrected chi connectivity index (χ2v) is 4.01. The van der Waals surface area contributed by atoms with Gasteiger partial charge in [-0.05, 0) is 30.3 Å². The molecule has 1 N–H and O–H groups in total. The Morgan fingerprint density at radius 1 is 1.10 bits per heavy atom. The molecule has 0 aliphatic carbocycles. The van der Waals surface area contributed by atoms with Crippen LogP contribution in [0.1, 0.15) is 5.56 Å². The van der Waals surface area contributed by atoms with Gasteiger partial charge in [0.2, 0.25) is 0 Å². The number of nitrogens with zero attached hydrogens (tertiary/aromatic N) is 1. The molecular weight excluding hydrogens is 288 g/mol. The van der Waals surface area contributed by atoms with Gasteiger partial charge in [0.25, 0.3) is 0 Å². The van der Waals surface area contributed by atoms with E-state index in [0.29, 0.717) is 0 Å². The van der Waals surface area contributed by atoms with Gasteiger partial charge in [-0.3, -0.25) is 0 Å². The van der Waals surface area contributed by atoms with Crippen molar-refractivity contribution in [1.29, 1.82) is 5.26 Å². The highest BCUT2D eigenvalue weighted by Gasteiger charge is 2.31. The van der Waals surface area contributed by atoms with Gasteiger partial charge < -0.3 is 10.1 Å². The first kappa shape index (κ1) is 14.7. The molecule has 0 amide bonds. The summed E-state index contributed by atoms with van der Waals surface area (Å²) in [5, 5.41) is 11.2. The van der Waals surface area contributed by atoms with Crippen molar-refractivity contribution in [2.75, 3.05) is 5.32 Å². The van der Waals surface area contributed by atoms with Gasteiger partial charge in [-0.2, -0.15) is 5.26 Å². The van der Waals surface area contributed by atoms with Gasteiger partial charge in [0.05, 0.1) is 17.3 Å². The van der Waals surface area contributed by atoms with Crippen LogP contribution in [0, 0.1) is 17.1 Å². The third-order valence-electron chi connectivity index (χ3n) is 2.44. The molecule has 0 saturated heterocycles. The van der Waals surface area contributed by atoms with E-state index in [9.17, 15) is 17.6 Å². The Kier molecular flexibility index (Phi) is 3.98. The van der Waals surface area contributed by atoms with E-state index < -0.39 is 17.9 Å². The van der Waals surface area contributed by atoms with Crippen molar-refractivity contribution in [3.8, 4) is 11.8 Å². The van der Waals surface area contributed by atoms with E-state index in [-0.39, 0.29) is 16.9 Å². The normalized spacial score (nSPS) is 10.8. The van der Waals surface area contributed by atoms with Crippen molar-refractivity contribution in [3.05, 3.63) is 53.8 Å². The van der Waals surface area contributed by atoms with Crippen molar-refractivity contribution < 1.29 is 22.3 Å². The predicted molar refractivity (Wildman–Crippen MR) is 67.5 cm³/mol. The van der Waals surface area contributed by atoms with Crippen LogP contribution in [-0.4, -0.2) is 6.36 Å². The predicted octanol–water partition coefficient (Wildman–Crippen LogP) is 4.34. The molecule has 0 heterocycles. The number of ether oxygens (including phenoxy) is 1. The van der Waals surface area contributed by atoms with E-state index in [4.69, 9.17) is 5.26 Å². The number of benzene rings is 2. The smallest absolute Gasteiger partial charge is 0.406 e. The van der Waals surface area contributed by atoms with E-state index in [2.05, 4.69) is 10.1 Å². The Labute approximate surface area is 117 Å². The molecule has 0 saturated carbocycles. The Morgan fingerprint density at radius 3 is 2.48 bits per heavy atom. The average molecular weight is 296 g/mol. The first-order valence-electron chi connectivity index (χ1n) is 5.70. The summed E-state index contributed by atoms with van der Waals surface area (Å²) in [6, 6.07) is 10.5. The summed E-state index contributed by atoms with van der Waals surface area (Å²) in [4.78, 5) is 0. The zero-order valence-corrected chi connectivity index (χ0v) is 10.4. The van der Waals surface area contributed by atoms with Crippen molar-refractivity contribution in [2.24, 2.45) is 0 Å². The van der Waals surface area contributed by atoms with E-state index in [1.54, 1.807) is 6.07 Å². The second-order valence-electron chi connectivity index (χ2n) is 4.01. The lowest BCUT2D eigenvalue weighted by atomic mass is 10.2. The van der Waals surface area contributed by atoms with Crippen molar-refractivity contribution in [3.63, 3.8) is 0 Å². The summed E-state index contributed by atoms with van der Waals surface area (Å²) in [5.74, 6) is -1.10. The number of hydrogen-bond donors (Lipinski definition) is 1. The molecule has 0 unspecified atom stereocenters. The van der Waals surface area contributed by atoms with Crippen molar-refractivity contribution >= 4 is 11.4 Å². The number of anilines is 2. The van der Waals surface area contributed by atoms with E-state index >= 15 is 0 Å². The fourth-order valence-electron chi connectivity index (χ4n) is 1.61. The maximum absolute atomic E-state index is 13.7. The highest BCUT2D eigenvalue weighted by Crippen LogP contribution is 2.27. The van der Waals surface area contributed by atoms with Gasteiger partial charge in [0.1, 0.15) is 11.6 Å². The highest BCUT2D eigenvalue weighted by molar-refractivity contribution is 5.62. The number of rotatable bonds is 3. The molecule has 7 heteroatoms. The Balaban J connectivity index is 2.20. The largest absolute Gasteiger partial charge is 0.573 e. The van der Waals surface area contributed by atoms with Crippen LogP contribution in [0.15, 0.2) is 42.5 Å². The first-order chi connectivity index (χ1) is 9.87. The van der Waals surface area contributed by atoms with Gasteiger partial charge in [0, 0.05) is 11.8 Å². The summed E-state index contributed by atoms with van der Waals surface area (Å²) in [5.41, 5.74) is 0.408. The maximum Gasteiger partial charge on any atom is 0.573 e. The van der Waals surface area contributed by atoms with Gasteiger partial charge >= 0.3 is 6.36 Å². The zero-order valence-electron chi connectivity index (χ0n) is 10.4. The summed E-state index contributed by atoms with van der Waals surface area (Å²) in [6.07, 6.45) is -4.79. The Morgan fingerprint density at radius 2 is 1.86 bits per heavy atom. The Hall–Kier alpha value is -2.75. The molecular formula is C14H8F4N2O. The SMILES string of the molecule is N#Cc1ccc(Nc2cccc(OC(F)(F)F)c2)c(F)c1. The molecule has 2 aromatic carbocycles. The standard InChI is InChI=1S/C14H8F4N2O/c15-12-6-9(8-19)4-5-13(12)20-10-2-1-3-11(7-10)21-14(16,17)18/h1-7,20H. The van der Waals surface area contributed by atoms with Crippen LogP contribution in [0.5, 0.6) is 5.75 Å². The molecule has 0 aromatic heterocycles. The molecule has 0 radical (unpaired) electrons. The van der Waals surface area contributed by atoms with Crippen LogP contribution in [0.4, 0.5) is 28.9 Å². The highest BCUT2D eigenvalue weighted by atomic mass is 19.4. The lowest BCUT2D eigenvalue weighted by Gasteiger charge is -2.11. The van der Waals surface area contributed by atoms with E-state index in [0.717, 1.165) is 18.2 Å². The summed E-state index contributed by atoms with van der Waals surface area (Å²) in [7, 11) is 0. The zero-order chi connectivity index (χ0) is 15.5. The number of alkyl halides is 3. The molecule has 2 rings (SSSR count). The monoisotopic (exact) mass is 296 g/mol. The van der Waals surface area contributed by atoms with Crippen LogP contribution in [0.25, 0.3) is 0 Å². The van der Waals surface area contributed by atoms with Crippen LogP contribution in [-0.2, 0) is 0 Å². The van der Waals surface area contributed by atoms with Crippen LogP contribution >= 0.6 is 0 Å². The minimum atomic E-state index is -4.79. The lowest BCUT2D eigenvalue weighted by molar-refractivity contribution is -0.274. The van der Waals surface area contributed by atoms with Crippen LogP contribution < -0.4 is 10.1 Å². The summed E-state index contributed by atoms with van der Waals surface area (Å²) in [6.45, 7) is 0. The van der Waals surface area contributed by atoms with Gasteiger partial charge in [-0.15, -0.1) is 13.2 Å². The molecule has 108 valence electrons. The number of nitrogens with one attached hydrogen (secondary N) is 1. The third kappa shape index (κ3) is 4.11. The third-order valence-corrected chi connectivity index (χ3v) is 2.44. The van der Waals surface area contributed by atoms with Crippen molar-refractivity contribution in [2.45, 2.75) is 6.36 Å². The fraction of sp³-hybridized carbons (Fsp3) is 0.0714. The molecule has 0 aliphatic heterocycles. The van der Waals surface area contributed by atoms with E-state index in [1.165, 1.54) is 24.3 Å².